The highest BCUT2D eigenvalue weighted by molar-refractivity contribution is 7.87. The van der Waals surface area contributed by atoms with Crippen LogP contribution in [0.4, 0.5) is 0 Å². The number of ketones is 1. The predicted octanol–water partition coefficient (Wildman–Crippen LogP) is 3.94. The molecule has 28 heavy (non-hydrogen) atoms. The minimum Gasteiger partial charge on any atom is -0.320 e. The third-order valence-corrected chi connectivity index (χ3v) is 6.04. The van der Waals surface area contributed by atoms with Gasteiger partial charge in [0.1, 0.15) is 10.6 Å². The second kappa shape index (κ2) is 7.66. The van der Waals surface area contributed by atoms with Gasteiger partial charge in [0, 0.05) is 10.6 Å². The fourth-order valence-corrected chi connectivity index (χ4v) is 4.32. The summed E-state index contributed by atoms with van der Waals surface area (Å²) in [7, 11) is -2.63. The van der Waals surface area contributed by atoms with E-state index in [4.69, 9.17) is 27.4 Å². The summed E-state index contributed by atoms with van der Waals surface area (Å²) >= 11 is 12.0. The van der Waals surface area contributed by atoms with Gasteiger partial charge in [0.25, 0.3) is 0 Å². The number of halogens is 2. The lowest BCUT2D eigenvalue weighted by molar-refractivity contribution is -0.506. The zero-order valence-electron chi connectivity index (χ0n) is 15.3. The van der Waals surface area contributed by atoms with E-state index >= 15 is 0 Å². The fourth-order valence-electron chi connectivity index (χ4n) is 2.82. The van der Waals surface area contributed by atoms with Crippen LogP contribution >= 0.6 is 23.2 Å². The number of Topliss-reactive ketones (excluding diaryl/α,β-unsaturated/α-hetero) is 1. The molecule has 1 atom stereocenters. The summed E-state index contributed by atoms with van der Waals surface area (Å²) in [5.41, 5.74) is 1.51. The van der Waals surface area contributed by atoms with Crippen molar-refractivity contribution in [2.75, 3.05) is 7.05 Å². The molecule has 0 aliphatic carbocycles. The Kier molecular flexibility index (Phi) is 5.61. The second-order valence-electron chi connectivity index (χ2n) is 6.38. The van der Waals surface area contributed by atoms with E-state index in [1.165, 1.54) is 42.1 Å². The van der Waals surface area contributed by atoms with Gasteiger partial charge in [-0.25, -0.2) is 0 Å². The average Bonchev–Trinajstić information content (AvgIpc) is 2.87. The molecule has 1 unspecified atom stereocenters. The molecule has 0 amide bonds. The lowest BCUT2D eigenvalue weighted by Crippen LogP contribution is -2.33. The van der Waals surface area contributed by atoms with Crippen LogP contribution in [0.2, 0.25) is 10.0 Å². The van der Waals surface area contributed by atoms with Crippen LogP contribution in [0.25, 0.3) is 0 Å². The third-order valence-electron chi connectivity index (χ3n) is 4.25. The summed E-state index contributed by atoms with van der Waals surface area (Å²) < 4.78 is 32.0. The van der Waals surface area contributed by atoms with E-state index in [-0.39, 0.29) is 21.4 Å². The number of nitrogens with zero attached hydrogens (tertiary/aromatic N) is 2. The molecule has 0 saturated carbocycles. The number of hydrazone groups is 1. The Morgan fingerprint density at radius 1 is 1.11 bits per heavy atom. The van der Waals surface area contributed by atoms with Crippen LogP contribution in [0.1, 0.15) is 22.8 Å². The smallest absolute Gasteiger partial charge is 0.320 e. The Morgan fingerprint density at radius 3 is 2.36 bits per heavy atom. The van der Waals surface area contributed by atoms with E-state index in [9.17, 15) is 13.2 Å². The maximum Gasteiger partial charge on any atom is 0.400 e. The zero-order chi connectivity index (χ0) is 20.6. The van der Waals surface area contributed by atoms with Crippen molar-refractivity contribution in [1.29, 1.82) is 0 Å². The SMILES string of the molecule is CC1=N[N+](C)=C(OS(=O)(=O)c2ccc(C)cc2)C1C(=O)c1ccc(Cl)cc1Cl. The number of aryl methyl sites for hydroxylation is 1. The third kappa shape index (κ3) is 3.97. The minimum atomic E-state index is -4.14. The molecular weight excluding hydrogens is 423 g/mol. The molecule has 3 rings (SSSR count). The quantitative estimate of drug-likeness (QED) is 0.410. The van der Waals surface area contributed by atoms with Crippen molar-refractivity contribution in [1.82, 2.24) is 0 Å². The lowest BCUT2D eigenvalue weighted by Gasteiger charge is -2.11. The van der Waals surface area contributed by atoms with Gasteiger partial charge in [0.15, 0.2) is 18.7 Å². The summed E-state index contributed by atoms with van der Waals surface area (Å²) in [6.45, 7) is 3.47. The molecule has 0 spiro atoms. The summed E-state index contributed by atoms with van der Waals surface area (Å²) in [6.07, 6.45) is 0. The summed E-state index contributed by atoms with van der Waals surface area (Å²) in [5.74, 6) is -1.54. The van der Waals surface area contributed by atoms with E-state index in [2.05, 4.69) is 5.10 Å². The summed E-state index contributed by atoms with van der Waals surface area (Å²) in [4.78, 5) is 13.1. The highest BCUT2D eigenvalue weighted by Gasteiger charge is 2.45. The van der Waals surface area contributed by atoms with Crippen LogP contribution in [-0.4, -0.2) is 37.5 Å². The molecule has 146 valence electrons. The largest absolute Gasteiger partial charge is 0.400 e. The fraction of sp³-hybridized carbons (Fsp3) is 0.211. The molecule has 0 bridgehead atoms. The number of carbonyl (C=O) groups is 1. The molecule has 2 aromatic carbocycles. The van der Waals surface area contributed by atoms with Crippen LogP contribution in [0, 0.1) is 12.8 Å². The van der Waals surface area contributed by atoms with E-state index in [1.54, 1.807) is 19.1 Å². The Bertz CT molecular complexity index is 1120. The summed E-state index contributed by atoms with van der Waals surface area (Å²) in [5, 5.41) is 4.73. The van der Waals surface area contributed by atoms with Crippen LogP contribution in [-0.2, 0) is 14.3 Å². The van der Waals surface area contributed by atoms with Gasteiger partial charge in [-0.05, 0) is 49.3 Å². The van der Waals surface area contributed by atoms with Gasteiger partial charge in [-0.2, -0.15) is 8.42 Å². The van der Waals surface area contributed by atoms with Crippen molar-refractivity contribution in [3.8, 4) is 0 Å². The maximum atomic E-state index is 13.1. The van der Waals surface area contributed by atoms with E-state index < -0.39 is 21.8 Å². The first kappa shape index (κ1) is 20.5. The van der Waals surface area contributed by atoms with E-state index in [0.717, 1.165) is 5.56 Å². The molecule has 6 nitrogen and oxygen atoms in total. The molecule has 2 aromatic rings. The molecule has 1 heterocycles. The maximum absolute atomic E-state index is 13.1. The molecule has 0 fully saturated rings. The topological polar surface area (TPSA) is 75.8 Å². The molecule has 0 N–H and O–H groups in total. The first-order chi connectivity index (χ1) is 13.1. The standard InChI is InChI=1S/C19H17Cl2N2O4S/c1-11-4-7-14(8-5-11)28(25,26)27-19-17(12(2)22-23(19)3)18(24)15-9-6-13(20)10-16(15)21/h4-10,17H,1-3H3/q+1. The van der Waals surface area contributed by atoms with Crippen LogP contribution in [0.3, 0.4) is 0 Å². The first-order valence-electron chi connectivity index (χ1n) is 8.26. The van der Waals surface area contributed by atoms with Crippen molar-refractivity contribution in [3.05, 3.63) is 63.6 Å². The second-order valence-corrected chi connectivity index (χ2v) is 8.77. The van der Waals surface area contributed by atoms with Crippen molar-refractivity contribution in [2.24, 2.45) is 11.0 Å². The van der Waals surface area contributed by atoms with Crippen molar-refractivity contribution < 1.29 is 22.1 Å². The van der Waals surface area contributed by atoms with Gasteiger partial charge >= 0.3 is 16.0 Å². The van der Waals surface area contributed by atoms with Crippen molar-refractivity contribution in [2.45, 2.75) is 18.7 Å². The van der Waals surface area contributed by atoms with Crippen molar-refractivity contribution >= 4 is 50.7 Å². The number of hydrogen-bond acceptors (Lipinski definition) is 5. The average molecular weight is 440 g/mol. The molecule has 0 aromatic heterocycles. The highest BCUT2D eigenvalue weighted by Crippen LogP contribution is 2.27. The van der Waals surface area contributed by atoms with Gasteiger partial charge in [0.05, 0.1) is 5.02 Å². The number of benzene rings is 2. The van der Waals surface area contributed by atoms with Gasteiger partial charge in [-0.15, -0.1) is 0 Å². The number of hydrogen-bond donors (Lipinski definition) is 0. The molecule has 1 aliphatic rings. The van der Waals surface area contributed by atoms with Crippen molar-refractivity contribution in [3.63, 3.8) is 0 Å². The Balaban J connectivity index is 1.97. The van der Waals surface area contributed by atoms with Gasteiger partial charge in [-0.1, -0.05) is 45.6 Å². The zero-order valence-corrected chi connectivity index (χ0v) is 17.6. The van der Waals surface area contributed by atoms with Gasteiger partial charge in [0.2, 0.25) is 0 Å². The van der Waals surface area contributed by atoms with Crippen LogP contribution in [0.5, 0.6) is 0 Å². The minimum absolute atomic E-state index is 0.0146. The first-order valence-corrected chi connectivity index (χ1v) is 10.4. The summed E-state index contributed by atoms with van der Waals surface area (Å²) in [6, 6.07) is 10.7. The Morgan fingerprint density at radius 2 is 1.75 bits per heavy atom. The molecule has 1 aliphatic heterocycles. The number of rotatable bonds is 4. The normalized spacial score (nSPS) is 16.9. The Hall–Kier alpha value is -2.22. The van der Waals surface area contributed by atoms with E-state index in [1.807, 2.05) is 6.92 Å². The van der Waals surface area contributed by atoms with Crippen LogP contribution < -0.4 is 0 Å². The molecule has 9 heteroatoms. The van der Waals surface area contributed by atoms with E-state index in [0.29, 0.717) is 10.7 Å². The molecule has 0 radical (unpaired) electrons. The van der Waals surface area contributed by atoms with Gasteiger partial charge in [-0.3, -0.25) is 4.79 Å². The highest BCUT2D eigenvalue weighted by atomic mass is 35.5. The number of carbonyl (C=O) groups excluding carboxylic acids is 1. The monoisotopic (exact) mass is 439 g/mol. The Labute approximate surface area is 173 Å². The molecular formula is C19H17Cl2N2O4S+. The molecule has 0 saturated heterocycles. The van der Waals surface area contributed by atoms with Gasteiger partial charge < -0.3 is 4.18 Å². The lowest BCUT2D eigenvalue weighted by atomic mass is 9.94. The predicted molar refractivity (Wildman–Crippen MR) is 108 cm³/mol. The van der Waals surface area contributed by atoms with Crippen LogP contribution in [0.15, 0.2) is 52.5 Å².